The largest absolute Gasteiger partial charge is 0.416 e. The average Bonchev–Trinajstić information content (AvgIpc) is 3.34. The molecule has 0 bridgehead atoms. The molecule has 1 aliphatic heterocycles. The molecule has 2 aromatic heterocycles. The fourth-order valence-electron chi connectivity index (χ4n) is 4.72. The van der Waals surface area contributed by atoms with E-state index in [2.05, 4.69) is 15.3 Å². The third-order valence-electron chi connectivity index (χ3n) is 6.80. The molecule has 0 unspecified atom stereocenters. The zero-order valence-electron chi connectivity index (χ0n) is 21.0. The maximum absolute atomic E-state index is 12.8. The number of nitriles is 1. The monoisotopic (exact) mass is 548 g/mol. The molecule has 204 valence electrons. The van der Waals surface area contributed by atoms with Gasteiger partial charge in [-0.3, -0.25) is 9.59 Å². The second-order valence-electron chi connectivity index (χ2n) is 9.30. The van der Waals surface area contributed by atoms with Gasteiger partial charge in [0.05, 0.1) is 23.1 Å². The highest BCUT2D eigenvalue weighted by molar-refractivity contribution is 6.04. The smallest absolute Gasteiger partial charge is 0.383 e. The molecule has 3 N–H and O–H groups in total. The van der Waals surface area contributed by atoms with Crippen molar-refractivity contribution in [2.75, 3.05) is 24.1 Å². The Bertz CT molecular complexity index is 1600. The van der Waals surface area contributed by atoms with Crippen LogP contribution in [0.2, 0.25) is 0 Å². The third-order valence-corrected chi connectivity index (χ3v) is 6.80. The van der Waals surface area contributed by atoms with Crippen LogP contribution >= 0.6 is 0 Å². The Labute approximate surface area is 226 Å². The van der Waals surface area contributed by atoms with Crippen molar-refractivity contribution in [3.05, 3.63) is 66.0 Å². The summed E-state index contributed by atoms with van der Waals surface area (Å²) in [5.74, 6) is -0.481. The standard InChI is InChI=1S/C27H23F3N8O2/c28-27(29,30)18-5-1-17(2-6-18)26(40)35-19-7-3-16(4-8-19)23-22-24(32)33-15-34-25(22)38(36-23)20-10-13-37(14-11-20)21(39)9-12-31/h1-8,15,20H,9-11,13-14H2,(H,35,40)(H2,32,33,34). The maximum atomic E-state index is 12.8. The number of nitrogen functional groups attached to an aromatic ring is 1. The lowest BCUT2D eigenvalue weighted by molar-refractivity contribution is -0.137. The van der Waals surface area contributed by atoms with Crippen molar-refractivity contribution in [1.82, 2.24) is 24.6 Å². The minimum atomic E-state index is -4.48. The van der Waals surface area contributed by atoms with Gasteiger partial charge in [0.25, 0.3) is 5.91 Å². The summed E-state index contributed by atoms with van der Waals surface area (Å²) in [4.78, 5) is 34.8. The number of hydrogen-bond acceptors (Lipinski definition) is 7. The number of hydrogen-bond donors (Lipinski definition) is 2. The molecule has 4 aromatic rings. The van der Waals surface area contributed by atoms with Crippen molar-refractivity contribution < 1.29 is 22.8 Å². The molecule has 0 aliphatic carbocycles. The van der Waals surface area contributed by atoms with E-state index >= 15 is 0 Å². The Kier molecular flexibility index (Phi) is 7.08. The first-order valence-electron chi connectivity index (χ1n) is 12.4. The number of alkyl halides is 3. The van der Waals surface area contributed by atoms with Gasteiger partial charge in [-0.1, -0.05) is 12.1 Å². The van der Waals surface area contributed by atoms with E-state index in [-0.39, 0.29) is 29.8 Å². The first kappa shape index (κ1) is 26.6. The number of amides is 2. The van der Waals surface area contributed by atoms with Gasteiger partial charge < -0.3 is 16.0 Å². The molecular weight excluding hydrogens is 525 g/mol. The molecule has 1 fully saturated rings. The zero-order chi connectivity index (χ0) is 28.4. The summed E-state index contributed by atoms with van der Waals surface area (Å²) in [7, 11) is 0. The zero-order valence-corrected chi connectivity index (χ0v) is 21.0. The molecule has 40 heavy (non-hydrogen) atoms. The summed E-state index contributed by atoms with van der Waals surface area (Å²) < 4.78 is 40.2. The number of carbonyl (C=O) groups excluding carboxylic acids is 2. The fraction of sp³-hybridized carbons (Fsp3) is 0.259. The van der Waals surface area contributed by atoms with E-state index in [0.717, 1.165) is 24.3 Å². The molecule has 13 heteroatoms. The molecule has 1 aliphatic rings. The van der Waals surface area contributed by atoms with Crippen molar-refractivity contribution >= 4 is 34.4 Å². The number of fused-ring (bicyclic) bond motifs is 1. The number of piperidine rings is 1. The van der Waals surface area contributed by atoms with Gasteiger partial charge in [-0.15, -0.1) is 0 Å². The number of rotatable bonds is 5. The van der Waals surface area contributed by atoms with Gasteiger partial charge in [-0.2, -0.15) is 23.5 Å². The molecule has 2 amide bonds. The Balaban J connectivity index is 1.36. The molecule has 10 nitrogen and oxygen atoms in total. The highest BCUT2D eigenvalue weighted by Crippen LogP contribution is 2.35. The molecule has 0 radical (unpaired) electrons. The van der Waals surface area contributed by atoms with Gasteiger partial charge in [-0.25, -0.2) is 14.6 Å². The van der Waals surface area contributed by atoms with Crippen LogP contribution in [0.25, 0.3) is 22.3 Å². The van der Waals surface area contributed by atoms with E-state index < -0.39 is 17.6 Å². The molecule has 0 spiro atoms. The van der Waals surface area contributed by atoms with Crippen LogP contribution in [0.4, 0.5) is 24.7 Å². The van der Waals surface area contributed by atoms with Crippen LogP contribution in [0, 0.1) is 11.3 Å². The minimum absolute atomic E-state index is 0.0426. The second-order valence-corrected chi connectivity index (χ2v) is 9.30. The van der Waals surface area contributed by atoms with Crippen molar-refractivity contribution in [2.24, 2.45) is 0 Å². The average molecular weight is 549 g/mol. The molecule has 5 rings (SSSR count). The van der Waals surface area contributed by atoms with E-state index in [1.54, 1.807) is 33.8 Å². The summed E-state index contributed by atoms with van der Waals surface area (Å²) >= 11 is 0. The minimum Gasteiger partial charge on any atom is -0.383 e. The van der Waals surface area contributed by atoms with Crippen LogP contribution in [0.5, 0.6) is 0 Å². The maximum Gasteiger partial charge on any atom is 0.416 e. The van der Waals surface area contributed by atoms with Crippen LogP contribution in [0.3, 0.4) is 0 Å². The lowest BCUT2D eigenvalue weighted by Crippen LogP contribution is -2.39. The van der Waals surface area contributed by atoms with E-state index in [4.69, 9.17) is 16.1 Å². The molecule has 2 aromatic carbocycles. The Hall–Kier alpha value is -4.99. The van der Waals surface area contributed by atoms with E-state index in [9.17, 15) is 22.8 Å². The number of carbonyl (C=O) groups is 2. The van der Waals surface area contributed by atoms with Crippen LogP contribution in [0.1, 0.15) is 41.2 Å². The predicted octanol–water partition coefficient (Wildman–Crippen LogP) is 4.42. The number of aromatic nitrogens is 4. The van der Waals surface area contributed by atoms with Gasteiger partial charge in [0.1, 0.15) is 24.3 Å². The summed E-state index contributed by atoms with van der Waals surface area (Å²) in [6, 6.07) is 12.6. The molecular formula is C27H23F3N8O2. The number of likely N-dealkylation sites (tertiary alicyclic amines) is 1. The lowest BCUT2D eigenvalue weighted by Gasteiger charge is -2.31. The summed E-state index contributed by atoms with van der Waals surface area (Å²) in [6.45, 7) is 0.992. The lowest BCUT2D eigenvalue weighted by atomic mass is 10.0. The van der Waals surface area contributed by atoms with Gasteiger partial charge in [0.2, 0.25) is 5.91 Å². The molecule has 3 heterocycles. The highest BCUT2D eigenvalue weighted by atomic mass is 19.4. The number of anilines is 2. The Morgan fingerprint density at radius 2 is 1.73 bits per heavy atom. The van der Waals surface area contributed by atoms with Crippen molar-refractivity contribution in [3.63, 3.8) is 0 Å². The van der Waals surface area contributed by atoms with Crippen LogP contribution < -0.4 is 11.1 Å². The van der Waals surface area contributed by atoms with Crippen molar-refractivity contribution in [1.29, 1.82) is 5.26 Å². The molecule has 0 saturated carbocycles. The summed E-state index contributed by atoms with van der Waals surface area (Å²) in [5, 5.41) is 16.9. The SMILES string of the molecule is N#CCC(=O)N1CCC(n2nc(-c3ccc(NC(=O)c4ccc(C(F)(F)F)cc4)cc3)c3c(N)ncnc32)CC1. The topological polar surface area (TPSA) is 143 Å². The molecule has 1 saturated heterocycles. The van der Waals surface area contributed by atoms with Gasteiger partial charge >= 0.3 is 6.18 Å². The normalized spacial score (nSPS) is 14.2. The van der Waals surface area contributed by atoms with E-state index in [1.165, 1.54) is 6.33 Å². The quantitative estimate of drug-likeness (QED) is 0.376. The first-order chi connectivity index (χ1) is 19.2. The van der Waals surface area contributed by atoms with Crippen LogP contribution in [-0.2, 0) is 11.0 Å². The van der Waals surface area contributed by atoms with Gasteiger partial charge in [-0.05, 0) is 49.2 Å². The van der Waals surface area contributed by atoms with E-state index in [0.29, 0.717) is 53.9 Å². The number of nitrogens with zero attached hydrogens (tertiary/aromatic N) is 6. The summed E-state index contributed by atoms with van der Waals surface area (Å²) in [5.41, 5.74) is 7.72. The first-order valence-corrected chi connectivity index (χ1v) is 12.4. The van der Waals surface area contributed by atoms with Crippen LogP contribution in [0.15, 0.2) is 54.9 Å². The predicted molar refractivity (Wildman–Crippen MR) is 140 cm³/mol. The second kappa shape index (κ2) is 10.6. The number of halogens is 3. The van der Waals surface area contributed by atoms with Gasteiger partial charge in [0, 0.05) is 29.9 Å². The van der Waals surface area contributed by atoms with E-state index in [1.807, 2.05) is 6.07 Å². The van der Waals surface area contributed by atoms with Crippen LogP contribution in [-0.4, -0.2) is 49.6 Å². The Morgan fingerprint density at radius 1 is 1.05 bits per heavy atom. The van der Waals surface area contributed by atoms with Crippen molar-refractivity contribution in [3.8, 4) is 17.3 Å². The van der Waals surface area contributed by atoms with Crippen molar-refractivity contribution in [2.45, 2.75) is 31.5 Å². The molecule has 0 atom stereocenters. The van der Waals surface area contributed by atoms with Gasteiger partial charge in [0.15, 0.2) is 5.65 Å². The number of benzene rings is 2. The fourth-order valence-corrected chi connectivity index (χ4v) is 4.72. The summed E-state index contributed by atoms with van der Waals surface area (Å²) in [6.07, 6.45) is -2.00. The Morgan fingerprint density at radius 3 is 2.35 bits per heavy atom. The number of nitrogens with two attached hydrogens (primary N) is 1. The number of nitrogens with one attached hydrogen (secondary N) is 1. The highest BCUT2D eigenvalue weighted by Gasteiger charge is 2.30. The third kappa shape index (κ3) is 5.28.